The Labute approximate surface area is 111 Å². The zero-order valence-electron chi connectivity index (χ0n) is 10.8. The summed E-state index contributed by atoms with van der Waals surface area (Å²) in [7, 11) is 0. The van der Waals surface area contributed by atoms with E-state index < -0.39 is 0 Å². The molecule has 1 spiro atoms. The van der Waals surface area contributed by atoms with Gasteiger partial charge in [-0.05, 0) is 31.2 Å². The first-order valence-electron chi connectivity index (χ1n) is 6.71. The predicted octanol–water partition coefficient (Wildman–Crippen LogP) is 1.52. The molecule has 0 bridgehead atoms. The Morgan fingerprint density at radius 3 is 2.76 bits per heavy atom. The van der Waals surface area contributed by atoms with E-state index in [4.69, 9.17) is 4.74 Å². The summed E-state index contributed by atoms with van der Waals surface area (Å²) in [5.74, 6) is 0. The van der Waals surface area contributed by atoms with Crippen molar-refractivity contribution in [3.8, 4) is 0 Å². The third-order valence-corrected chi connectivity index (χ3v) is 4.54. The number of nitrogens with zero attached hydrogens (tertiary/aromatic N) is 1. The fraction of sp³-hybridized carbons (Fsp3) is 1.00. The molecule has 1 aliphatic carbocycles. The largest absolute Gasteiger partial charge is 0.379 e. The van der Waals surface area contributed by atoms with Crippen LogP contribution in [0.3, 0.4) is 0 Å². The van der Waals surface area contributed by atoms with Crippen LogP contribution in [0.25, 0.3) is 0 Å². The van der Waals surface area contributed by atoms with Crippen molar-refractivity contribution in [2.24, 2.45) is 10.8 Å². The lowest BCUT2D eigenvalue weighted by molar-refractivity contribution is 0.114. The number of nitrogens with one attached hydrogen (secondary N) is 1. The third-order valence-electron chi connectivity index (χ3n) is 4.54. The van der Waals surface area contributed by atoms with Crippen molar-refractivity contribution in [3.05, 3.63) is 0 Å². The molecule has 1 unspecified atom stereocenters. The van der Waals surface area contributed by atoms with Crippen LogP contribution in [0, 0.1) is 10.8 Å². The maximum absolute atomic E-state index is 5.74. The van der Waals surface area contributed by atoms with Crippen LogP contribution in [-0.4, -0.2) is 50.8 Å². The van der Waals surface area contributed by atoms with E-state index in [0.29, 0.717) is 10.8 Å². The van der Waals surface area contributed by atoms with Gasteiger partial charge in [-0.1, -0.05) is 6.92 Å². The van der Waals surface area contributed by atoms with Crippen LogP contribution in [0.5, 0.6) is 0 Å². The van der Waals surface area contributed by atoms with Crippen molar-refractivity contribution in [1.29, 1.82) is 0 Å². The first-order valence-corrected chi connectivity index (χ1v) is 6.71. The van der Waals surface area contributed by atoms with Crippen LogP contribution in [0.15, 0.2) is 0 Å². The Balaban J connectivity index is 0.00000108. The van der Waals surface area contributed by atoms with Crippen LogP contribution in [0.2, 0.25) is 0 Å². The lowest BCUT2D eigenvalue weighted by atomic mass is 9.89. The molecule has 0 amide bonds. The van der Waals surface area contributed by atoms with Gasteiger partial charge < -0.3 is 10.1 Å². The van der Waals surface area contributed by atoms with E-state index in [1.54, 1.807) is 0 Å². The Bertz CT molecular complexity index is 262. The normalized spacial score (nSPS) is 36.5. The van der Waals surface area contributed by atoms with Gasteiger partial charge in [-0.15, -0.1) is 12.4 Å². The summed E-state index contributed by atoms with van der Waals surface area (Å²) in [5, 5.41) is 3.50. The molecule has 3 fully saturated rings. The second kappa shape index (κ2) is 5.04. The molecule has 3 rings (SSSR count). The minimum atomic E-state index is 0. The molecule has 2 aliphatic heterocycles. The molecule has 2 heterocycles. The van der Waals surface area contributed by atoms with Crippen molar-refractivity contribution < 1.29 is 4.74 Å². The second-order valence-electron chi connectivity index (χ2n) is 6.50. The quantitative estimate of drug-likeness (QED) is 0.815. The second-order valence-corrected chi connectivity index (χ2v) is 6.50. The van der Waals surface area contributed by atoms with Crippen LogP contribution >= 0.6 is 12.4 Å². The van der Waals surface area contributed by atoms with Gasteiger partial charge in [-0.25, -0.2) is 0 Å². The third kappa shape index (κ3) is 3.14. The molecule has 0 aromatic carbocycles. The molecule has 2 saturated heterocycles. The molecule has 0 aromatic heterocycles. The summed E-state index contributed by atoms with van der Waals surface area (Å²) in [6.45, 7) is 10.4. The minimum absolute atomic E-state index is 0. The van der Waals surface area contributed by atoms with E-state index in [-0.39, 0.29) is 12.4 Å². The number of halogens is 1. The van der Waals surface area contributed by atoms with Gasteiger partial charge in [0.05, 0.1) is 13.2 Å². The van der Waals surface area contributed by atoms with Gasteiger partial charge in [-0.3, -0.25) is 4.90 Å². The van der Waals surface area contributed by atoms with E-state index in [1.807, 2.05) is 0 Å². The number of ether oxygens (including phenoxy) is 1. The summed E-state index contributed by atoms with van der Waals surface area (Å²) < 4.78 is 5.74. The van der Waals surface area contributed by atoms with E-state index in [1.165, 1.54) is 45.4 Å². The summed E-state index contributed by atoms with van der Waals surface area (Å²) >= 11 is 0. The fourth-order valence-electron chi connectivity index (χ4n) is 3.24. The molecular formula is C13H25ClN2O. The number of rotatable bonds is 2. The average molecular weight is 261 g/mol. The molecule has 100 valence electrons. The van der Waals surface area contributed by atoms with Crippen LogP contribution in [0.4, 0.5) is 0 Å². The molecule has 3 aliphatic rings. The first kappa shape index (κ1) is 13.6. The van der Waals surface area contributed by atoms with Gasteiger partial charge in [-0.2, -0.15) is 0 Å². The monoisotopic (exact) mass is 260 g/mol. The highest BCUT2D eigenvalue weighted by Crippen LogP contribution is 2.47. The molecule has 1 atom stereocenters. The highest BCUT2D eigenvalue weighted by atomic mass is 35.5. The van der Waals surface area contributed by atoms with Crippen molar-refractivity contribution in [3.63, 3.8) is 0 Å². The average Bonchev–Trinajstić information content (AvgIpc) is 2.93. The molecule has 17 heavy (non-hydrogen) atoms. The molecular weight excluding hydrogens is 236 g/mol. The molecule has 1 saturated carbocycles. The molecule has 1 N–H and O–H groups in total. The van der Waals surface area contributed by atoms with Gasteiger partial charge in [0.15, 0.2) is 0 Å². The van der Waals surface area contributed by atoms with Crippen molar-refractivity contribution >= 4 is 12.4 Å². The highest BCUT2D eigenvalue weighted by Gasteiger charge is 2.46. The minimum Gasteiger partial charge on any atom is -0.379 e. The highest BCUT2D eigenvalue weighted by molar-refractivity contribution is 5.85. The van der Waals surface area contributed by atoms with Crippen LogP contribution in [-0.2, 0) is 4.74 Å². The molecule has 3 nitrogen and oxygen atoms in total. The topological polar surface area (TPSA) is 24.5 Å². The smallest absolute Gasteiger partial charge is 0.0593 e. The zero-order chi connectivity index (χ0) is 11.1. The zero-order valence-corrected chi connectivity index (χ0v) is 11.7. The lowest BCUT2D eigenvalue weighted by Gasteiger charge is -2.32. The fourth-order valence-corrected chi connectivity index (χ4v) is 3.24. The van der Waals surface area contributed by atoms with Gasteiger partial charge in [0, 0.05) is 31.6 Å². The Morgan fingerprint density at radius 1 is 1.29 bits per heavy atom. The molecule has 4 heteroatoms. The number of hydrogen-bond acceptors (Lipinski definition) is 3. The van der Waals surface area contributed by atoms with E-state index in [0.717, 1.165) is 19.8 Å². The van der Waals surface area contributed by atoms with E-state index >= 15 is 0 Å². The van der Waals surface area contributed by atoms with Crippen LogP contribution < -0.4 is 5.32 Å². The summed E-state index contributed by atoms with van der Waals surface area (Å²) in [6, 6.07) is 0. The van der Waals surface area contributed by atoms with Crippen molar-refractivity contribution in [2.45, 2.75) is 26.2 Å². The standard InChI is InChI=1S/C13H24N2O.ClH/c1-12(4-5-14-8-12)9-15-6-7-16-11-13(10-15)2-3-13;/h14H,2-11H2,1H3;1H. The summed E-state index contributed by atoms with van der Waals surface area (Å²) in [4.78, 5) is 2.66. The van der Waals surface area contributed by atoms with E-state index in [2.05, 4.69) is 17.1 Å². The maximum Gasteiger partial charge on any atom is 0.0593 e. The summed E-state index contributed by atoms with van der Waals surface area (Å²) in [6.07, 6.45) is 4.11. The number of hydrogen-bond donors (Lipinski definition) is 1. The predicted molar refractivity (Wildman–Crippen MR) is 71.8 cm³/mol. The SMILES string of the molecule is CC1(CN2CCOCC3(CC3)C2)CCNC1.Cl. The van der Waals surface area contributed by atoms with Crippen LogP contribution in [0.1, 0.15) is 26.2 Å². The molecule has 0 radical (unpaired) electrons. The Hall–Kier alpha value is 0.170. The van der Waals surface area contributed by atoms with Gasteiger partial charge in [0.2, 0.25) is 0 Å². The Kier molecular flexibility index (Phi) is 4.03. The van der Waals surface area contributed by atoms with Crippen molar-refractivity contribution in [1.82, 2.24) is 10.2 Å². The van der Waals surface area contributed by atoms with Crippen molar-refractivity contribution in [2.75, 3.05) is 45.9 Å². The van der Waals surface area contributed by atoms with Gasteiger partial charge >= 0.3 is 0 Å². The summed E-state index contributed by atoms with van der Waals surface area (Å²) in [5.41, 5.74) is 1.05. The van der Waals surface area contributed by atoms with Gasteiger partial charge in [0.25, 0.3) is 0 Å². The van der Waals surface area contributed by atoms with Gasteiger partial charge in [0.1, 0.15) is 0 Å². The molecule has 0 aromatic rings. The maximum atomic E-state index is 5.74. The Morgan fingerprint density at radius 2 is 2.12 bits per heavy atom. The van der Waals surface area contributed by atoms with E-state index in [9.17, 15) is 0 Å². The first-order chi connectivity index (χ1) is 7.70. The lowest BCUT2D eigenvalue weighted by Crippen LogP contribution is -2.40.